The standard InChI is InChI=1S/C25H27Cl3F3N3O4S/c1-15(24(36)32-17-5-3-4-6-17)33(13-16-7-9-21(27)22(28)11-16)23(35)14-34(39(2,37)38)18-8-10-20(26)19(12-18)25(29,30)31/h7-12,15,17H,3-6,13-14H2,1-2H3,(H,32,36)/t15-/m0/s1. The van der Waals surface area contributed by atoms with Crippen LogP contribution < -0.4 is 9.62 Å². The molecule has 1 N–H and O–H groups in total. The lowest BCUT2D eigenvalue weighted by atomic mass is 10.1. The van der Waals surface area contributed by atoms with Crippen LogP contribution in [0.2, 0.25) is 15.1 Å². The zero-order chi connectivity index (χ0) is 29.1. The van der Waals surface area contributed by atoms with E-state index in [0.717, 1.165) is 49.0 Å². The highest BCUT2D eigenvalue weighted by atomic mass is 35.5. The van der Waals surface area contributed by atoms with Crippen molar-refractivity contribution in [1.82, 2.24) is 10.2 Å². The number of rotatable bonds is 9. The van der Waals surface area contributed by atoms with Crippen LogP contribution in [-0.4, -0.2) is 50.0 Å². The Labute approximate surface area is 240 Å². The average Bonchev–Trinajstić information content (AvgIpc) is 3.34. The van der Waals surface area contributed by atoms with Crippen LogP contribution in [0.1, 0.15) is 43.7 Å². The summed E-state index contributed by atoms with van der Waals surface area (Å²) in [4.78, 5) is 27.8. The Bertz CT molecular complexity index is 1340. The number of sulfonamides is 1. The van der Waals surface area contributed by atoms with Gasteiger partial charge >= 0.3 is 6.18 Å². The molecule has 0 aliphatic heterocycles. The molecule has 1 saturated carbocycles. The molecule has 39 heavy (non-hydrogen) atoms. The van der Waals surface area contributed by atoms with Crippen LogP contribution in [0.25, 0.3) is 0 Å². The van der Waals surface area contributed by atoms with Gasteiger partial charge in [-0.25, -0.2) is 8.42 Å². The van der Waals surface area contributed by atoms with Crippen molar-refractivity contribution in [3.05, 3.63) is 62.6 Å². The van der Waals surface area contributed by atoms with E-state index in [0.29, 0.717) is 15.9 Å². The zero-order valence-corrected chi connectivity index (χ0v) is 24.1. The molecule has 14 heteroatoms. The van der Waals surface area contributed by atoms with E-state index in [1.54, 1.807) is 6.07 Å². The van der Waals surface area contributed by atoms with Gasteiger partial charge in [-0.3, -0.25) is 13.9 Å². The average molecular weight is 629 g/mol. The van der Waals surface area contributed by atoms with E-state index < -0.39 is 56.9 Å². The number of carbonyl (C=O) groups is 2. The van der Waals surface area contributed by atoms with Crippen molar-refractivity contribution < 1.29 is 31.2 Å². The van der Waals surface area contributed by atoms with Gasteiger partial charge in [0.1, 0.15) is 12.6 Å². The summed E-state index contributed by atoms with van der Waals surface area (Å²) in [6, 6.07) is 6.10. The molecule has 3 rings (SSSR count). The van der Waals surface area contributed by atoms with Crippen molar-refractivity contribution in [2.75, 3.05) is 17.1 Å². The highest BCUT2D eigenvalue weighted by Gasteiger charge is 2.36. The minimum Gasteiger partial charge on any atom is -0.352 e. The molecule has 0 bridgehead atoms. The van der Waals surface area contributed by atoms with Crippen LogP contribution in [0.4, 0.5) is 18.9 Å². The molecule has 214 valence electrons. The van der Waals surface area contributed by atoms with Gasteiger partial charge in [-0.1, -0.05) is 53.7 Å². The molecule has 2 amide bonds. The Balaban J connectivity index is 1.96. The summed E-state index contributed by atoms with van der Waals surface area (Å²) in [6.07, 6.45) is -0.543. The fourth-order valence-corrected chi connectivity index (χ4v) is 5.70. The van der Waals surface area contributed by atoms with Crippen LogP contribution >= 0.6 is 34.8 Å². The highest BCUT2D eigenvalue weighted by molar-refractivity contribution is 7.92. The number of benzene rings is 2. The van der Waals surface area contributed by atoms with Crippen LogP contribution in [0.15, 0.2) is 36.4 Å². The van der Waals surface area contributed by atoms with E-state index in [-0.39, 0.29) is 22.6 Å². The summed E-state index contributed by atoms with van der Waals surface area (Å²) in [5.74, 6) is -1.25. The molecule has 2 aromatic rings. The smallest absolute Gasteiger partial charge is 0.352 e. The Kier molecular flexibility index (Phi) is 10.1. The second-order valence-electron chi connectivity index (χ2n) is 9.37. The molecule has 0 radical (unpaired) electrons. The van der Waals surface area contributed by atoms with Crippen LogP contribution in [-0.2, 0) is 32.3 Å². The Morgan fingerprint density at radius 2 is 1.64 bits per heavy atom. The number of anilines is 1. The van der Waals surface area contributed by atoms with E-state index in [1.165, 1.54) is 19.1 Å². The number of amides is 2. The van der Waals surface area contributed by atoms with Crippen molar-refractivity contribution in [2.45, 2.75) is 57.4 Å². The predicted molar refractivity (Wildman–Crippen MR) is 146 cm³/mol. The minimum absolute atomic E-state index is 0.0377. The second kappa shape index (κ2) is 12.5. The molecule has 0 saturated heterocycles. The van der Waals surface area contributed by atoms with E-state index in [2.05, 4.69) is 5.32 Å². The van der Waals surface area contributed by atoms with Gasteiger partial charge < -0.3 is 10.2 Å². The Morgan fingerprint density at radius 3 is 2.21 bits per heavy atom. The molecule has 1 aliphatic carbocycles. The summed E-state index contributed by atoms with van der Waals surface area (Å²) in [5.41, 5.74) is -1.14. The maximum atomic E-state index is 13.6. The number of alkyl halides is 3. The largest absolute Gasteiger partial charge is 0.417 e. The molecular formula is C25H27Cl3F3N3O4S. The van der Waals surface area contributed by atoms with E-state index in [9.17, 15) is 31.2 Å². The third-order valence-corrected chi connectivity index (χ3v) is 8.64. The fraction of sp³-hybridized carbons (Fsp3) is 0.440. The number of nitrogens with one attached hydrogen (secondary N) is 1. The molecule has 0 aromatic heterocycles. The van der Waals surface area contributed by atoms with Gasteiger partial charge in [0, 0.05) is 12.6 Å². The highest BCUT2D eigenvalue weighted by Crippen LogP contribution is 2.37. The normalized spacial score (nSPS) is 15.2. The van der Waals surface area contributed by atoms with Crippen molar-refractivity contribution >= 4 is 62.3 Å². The first-order valence-electron chi connectivity index (χ1n) is 12.0. The SMILES string of the molecule is C[C@@H](C(=O)NC1CCCC1)N(Cc1ccc(Cl)c(Cl)c1)C(=O)CN(c1ccc(Cl)c(C(F)(F)F)c1)S(C)(=O)=O. The molecule has 2 aromatic carbocycles. The third-order valence-electron chi connectivity index (χ3n) is 6.43. The molecule has 7 nitrogen and oxygen atoms in total. The van der Waals surface area contributed by atoms with Gasteiger partial charge in [0.2, 0.25) is 21.8 Å². The molecule has 0 unspecified atom stereocenters. The van der Waals surface area contributed by atoms with Gasteiger partial charge in [-0.15, -0.1) is 0 Å². The van der Waals surface area contributed by atoms with Crippen LogP contribution in [0.5, 0.6) is 0 Å². The first-order valence-corrected chi connectivity index (χ1v) is 14.9. The summed E-state index contributed by atoms with van der Waals surface area (Å²) in [5, 5.41) is 2.78. The first kappa shape index (κ1) is 31.3. The van der Waals surface area contributed by atoms with E-state index in [4.69, 9.17) is 34.8 Å². The van der Waals surface area contributed by atoms with Crippen molar-refractivity contribution in [1.29, 1.82) is 0 Å². The molecule has 1 fully saturated rings. The summed E-state index contributed by atoms with van der Waals surface area (Å²) in [7, 11) is -4.24. The van der Waals surface area contributed by atoms with Crippen molar-refractivity contribution in [2.24, 2.45) is 0 Å². The monoisotopic (exact) mass is 627 g/mol. The zero-order valence-electron chi connectivity index (χ0n) is 21.1. The number of halogens is 6. The second-order valence-corrected chi connectivity index (χ2v) is 12.5. The van der Waals surface area contributed by atoms with Crippen LogP contribution in [0.3, 0.4) is 0 Å². The minimum atomic E-state index is -4.85. The molecule has 0 heterocycles. The lowest BCUT2D eigenvalue weighted by Crippen LogP contribution is -2.52. The molecule has 0 spiro atoms. The number of carbonyl (C=O) groups excluding carboxylic acids is 2. The van der Waals surface area contributed by atoms with Gasteiger partial charge in [0.25, 0.3) is 0 Å². The maximum Gasteiger partial charge on any atom is 0.417 e. The topological polar surface area (TPSA) is 86.8 Å². The first-order chi connectivity index (χ1) is 18.1. The number of nitrogens with zero attached hydrogens (tertiary/aromatic N) is 2. The predicted octanol–water partition coefficient (Wildman–Crippen LogP) is 5.91. The molecule has 1 aliphatic rings. The maximum absolute atomic E-state index is 13.6. The van der Waals surface area contributed by atoms with Crippen LogP contribution in [0, 0.1) is 0 Å². The number of hydrogen-bond donors (Lipinski definition) is 1. The third kappa shape index (κ3) is 8.15. The van der Waals surface area contributed by atoms with Gasteiger partial charge in [0.05, 0.1) is 32.6 Å². The van der Waals surface area contributed by atoms with Gasteiger partial charge in [-0.05, 0) is 55.7 Å². The van der Waals surface area contributed by atoms with E-state index in [1.807, 2.05) is 0 Å². The Hall–Kier alpha value is -2.21. The van der Waals surface area contributed by atoms with Gasteiger partial charge in [0.15, 0.2) is 0 Å². The lowest BCUT2D eigenvalue weighted by Gasteiger charge is -2.32. The van der Waals surface area contributed by atoms with E-state index >= 15 is 0 Å². The summed E-state index contributed by atoms with van der Waals surface area (Å²) < 4.78 is 66.2. The fourth-order valence-electron chi connectivity index (χ4n) is 4.31. The molecule has 1 atom stereocenters. The molecular weight excluding hydrogens is 602 g/mol. The van der Waals surface area contributed by atoms with Gasteiger partial charge in [-0.2, -0.15) is 13.2 Å². The summed E-state index contributed by atoms with van der Waals surface area (Å²) >= 11 is 17.8. The van der Waals surface area contributed by atoms with Crippen molar-refractivity contribution in [3.63, 3.8) is 0 Å². The Morgan fingerprint density at radius 1 is 1.03 bits per heavy atom. The quantitative estimate of drug-likeness (QED) is 0.374. The lowest BCUT2D eigenvalue weighted by molar-refractivity contribution is -0.139. The summed E-state index contributed by atoms with van der Waals surface area (Å²) in [6.45, 7) is 0.496. The number of hydrogen-bond acceptors (Lipinski definition) is 4. The van der Waals surface area contributed by atoms with Crippen molar-refractivity contribution in [3.8, 4) is 0 Å².